The van der Waals surface area contributed by atoms with Crippen molar-refractivity contribution in [3.8, 4) is 0 Å². The molecular formula is C15H18BrNS. The number of likely N-dealkylation sites (N-methyl/N-ethyl adjacent to an activating group) is 1. The zero-order valence-corrected chi connectivity index (χ0v) is 13.1. The van der Waals surface area contributed by atoms with Gasteiger partial charge in [-0.15, -0.1) is 11.3 Å². The lowest BCUT2D eigenvalue weighted by Crippen LogP contribution is -2.29. The maximum Gasteiger partial charge on any atom is 0.0285 e. The number of rotatable bonds is 5. The van der Waals surface area contributed by atoms with Crippen LogP contribution < -0.4 is 5.32 Å². The molecule has 0 aliphatic carbocycles. The maximum absolute atomic E-state index is 3.51. The van der Waals surface area contributed by atoms with E-state index in [9.17, 15) is 0 Å². The molecule has 1 heterocycles. The van der Waals surface area contributed by atoms with Gasteiger partial charge in [-0.3, -0.25) is 0 Å². The van der Waals surface area contributed by atoms with Crippen LogP contribution in [0.15, 0.2) is 40.2 Å². The molecule has 0 saturated heterocycles. The third-order valence-electron chi connectivity index (χ3n) is 3.04. The van der Waals surface area contributed by atoms with Gasteiger partial charge in [0.05, 0.1) is 0 Å². The van der Waals surface area contributed by atoms with Gasteiger partial charge in [-0.25, -0.2) is 0 Å². The van der Waals surface area contributed by atoms with E-state index >= 15 is 0 Å². The van der Waals surface area contributed by atoms with Gasteiger partial charge >= 0.3 is 0 Å². The number of nitrogens with one attached hydrogen (secondary N) is 1. The van der Waals surface area contributed by atoms with Crippen LogP contribution in [0.25, 0.3) is 0 Å². The van der Waals surface area contributed by atoms with E-state index in [2.05, 4.69) is 63.9 Å². The van der Waals surface area contributed by atoms with Crippen molar-refractivity contribution in [3.63, 3.8) is 0 Å². The smallest absolute Gasteiger partial charge is 0.0285 e. The summed E-state index contributed by atoms with van der Waals surface area (Å²) in [6.07, 6.45) is 2.16. The lowest BCUT2D eigenvalue weighted by Gasteiger charge is -2.15. The van der Waals surface area contributed by atoms with Crippen molar-refractivity contribution >= 4 is 27.3 Å². The molecule has 2 aromatic rings. The first-order chi connectivity index (χ1) is 8.67. The first-order valence-corrected chi connectivity index (χ1v) is 7.80. The van der Waals surface area contributed by atoms with Gasteiger partial charge in [-0.05, 0) is 54.4 Å². The molecule has 1 N–H and O–H groups in total. The van der Waals surface area contributed by atoms with Gasteiger partial charge in [-0.2, -0.15) is 0 Å². The molecule has 0 aliphatic rings. The topological polar surface area (TPSA) is 12.0 Å². The van der Waals surface area contributed by atoms with Crippen LogP contribution >= 0.6 is 27.3 Å². The average molecular weight is 324 g/mol. The zero-order valence-electron chi connectivity index (χ0n) is 10.7. The molecule has 18 heavy (non-hydrogen) atoms. The van der Waals surface area contributed by atoms with Crippen molar-refractivity contribution in [3.05, 3.63) is 56.2 Å². The number of hydrogen-bond donors (Lipinski definition) is 1. The van der Waals surface area contributed by atoms with Gasteiger partial charge in [0.15, 0.2) is 0 Å². The predicted molar refractivity (Wildman–Crippen MR) is 83.5 cm³/mol. The summed E-state index contributed by atoms with van der Waals surface area (Å²) in [5, 5.41) is 5.57. The van der Waals surface area contributed by atoms with Crippen LogP contribution in [0.5, 0.6) is 0 Å². The van der Waals surface area contributed by atoms with Crippen LogP contribution in [0, 0.1) is 6.92 Å². The summed E-state index contributed by atoms with van der Waals surface area (Å²) >= 11 is 5.33. The quantitative estimate of drug-likeness (QED) is 0.869. The van der Waals surface area contributed by atoms with Crippen molar-refractivity contribution in [1.82, 2.24) is 5.32 Å². The van der Waals surface area contributed by atoms with E-state index in [-0.39, 0.29) is 0 Å². The zero-order chi connectivity index (χ0) is 13.0. The highest BCUT2D eigenvalue weighted by molar-refractivity contribution is 9.10. The predicted octanol–water partition coefficient (Wildman–Crippen LogP) is 4.19. The fourth-order valence-corrected chi connectivity index (χ4v) is 3.64. The number of aryl methyl sites for hydroxylation is 1. The van der Waals surface area contributed by atoms with E-state index in [0.717, 1.165) is 12.8 Å². The van der Waals surface area contributed by atoms with Crippen LogP contribution in [0.2, 0.25) is 0 Å². The van der Waals surface area contributed by atoms with Crippen molar-refractivity contribution < 1.29 is 0 Å². The summed E-state index contributed by atoms with van der Waals surface area (Å²) < 4.78 is 1.19. The third-order valence-corrected chi connectivity index (χ3v) is 4.76. The summed E-state index contributed by atoms with van der Waals surface area (Å²) in [5.41, 5.74) is 2.74. The molecule has 1 aromatic heterocycles. The Morgan fingerprint density at radius 1 is 1.28 bits per heavy atom. The Kier molecular flexibility index (Phi) is 4.98. The average Bonchev–Trinajstić information content (AvgIpc) is 2.74. The second-order valence-corrected chi connectivity index (χ2v) is 6.53. The highest BCUT2D eigenvalue weighted by atomic mass is 79.9. The van der Waals surface area contributed by atoms with Crippen LogP contribution in [0.4, 0.5) is 0 Å². The fourth-order valence-electron chi connectivity index (χ4n) is 2.10. The van der Waals surface area contributed by atoms with Crippen molar-refractivity contribution in [1.29, 1.82) is 0 Å². The Hall–Kier alpha value is -0.640. The Morgan fingerprint density at radius 3 is 2.72 bits per heavy atom. The lowest BCUT2D eigenvalue weighted by molar-refractivity contribution is 0.560. The number of thiophene rings is 1. The minimum absolute atomic E-state index is 0.498. The molecule has 0 aliphatic heterocycles. The van der Waals surface area contributed by atoms with E-state index in [1.54, 1.807) is 0 Å². The van der Waals surface area contributed by atoms with Crippen LogP contribution in [-0.2, 0) is 12.8 Å². The van der Waals surface area contributed by atoms with Crippen molar-refractivity contribution in [2.24, 2.45) is 0 Å². The van der Waals surface area contributed by atoms with Gasteiger partial charge in [0, 0.05) is 20.8 Å². The van der Waals surface area contributed by atoms with Crippen LogP contribution in [-0.4, -0.2) is 13.1 Å². The number of halogens is 1. The molecule has 0 saturated carbocycles. The molecule has 0 amide bonds. The third kappa shape index (κ3) is 3.94. The molecule has 0 bridgehead atoms. The Balaban J connectivity index is 2.01. The van der Waals surface area contributed by atoms with E-state index in [1.807, 2.05) is 18.4 Å². The van der Waals surface area contributed by atoms with Crippen LogP contribution in [0.3, 0.4) is 0 Å². The highest BCUT2D eigenvalue weighted by Crippen LogP contribution is 2.21. The summed E-state index contributed by atoms with van der Waals surface area (Å²) in [6.45, 7) is 2.15. The van der Waals surface area contributed by atoms with Gasteiger partial charge < -0.3 is 5.32 Å². The highest BCUT2D eigenvalue weighted by Gasteiger charge is 2.10. The molecule has 0 spiro atoms. The van der Waals surface area contributed by atoms with Gasteiger partial charge in [0.25, 0.3) is 0 Å². The summed E-state index contributed by atoms with van der Waals surface area (Å²) in [4.78, 5) is 1.42. The maximum atomic E-state index is 3.51. The summed E-state index contributed by atoms with van der Waals surface area (Å²) in [7, 11) is 2.04. The molecule has 0 radical (unpaired) electrons. The Morgan fingerprint density at radius 2 is 2.11 bits per heavy atom. The molecule has 3 heteroatoms. The monoisotopic (exact) mass is 323 g/mol. The molecule has 2 rings (SSSR count). The molecule has 1 atom stereocenters. The van der Waals surface area contributed by atoms with E-state index < -0.39 is 0 Å². The molecule has 0 fully saturated rings. The minimum atomic E-state index is 0.498. The standard InChI is InChI=1S/C15H18BrNS/c1-11-4-3-5-12(6-11)7-14(17-2)9-15-8-13(16)10-18-15/h3-6,8,10,14,17H,7,9H2,1-2H3. The van der Waals surface area contributed by atoms with Crippen molar-refractivity contribution in [2.75, 3.05) is 7.05 Å². The molecule has 96 valence electrons. The SMILES string of the molecule is CNC(Cc1cccc(C)c1)Cc1cc(Br)cs1. The van der Waals surface area contributed by atoms with Crippen molar-refractivity contribution in [2.45, 2.75) is 25.8 Å². The molecular weight excluding hydrogens is 306 g/mol. The summed E-state index contributed by atoms with van der Waals surface area (Å²) in [6, 6.07) is 11.5. The molecule has 1 aromatic carbocycles. The number of benzene rings is 1. The van der Waals surface area contributed by atoms with Gasteiger partial charge in [0.2, 0.25) is 0 Å². The van der Waals surface area contributed by atoms with E-state index in [4.69, 9.17) is 0 Å². The Bertz CT molecular complexity index is 507. The largest absolute Gasteiger partial charge is 0.316 e. The fraction of sp³-hybridized carbons (Fsp3) is 0.333. The lowest BCUT2D eigenvalue weighted by atomic mass is 10.0. The van der Waals surface area contributed by atoms with E-state index in [1.165, 1.54) is 20.5 Å². The Labute approximate surface area is 121 Å². The summed E-state index contributed by atoms with van der Waals surface area (Å²) in [5.74, 6) is 0. The first kappa shape index (κ1) is 13.8. The second-order valence-electron chi connectivity index (χ2n) is 4.61. The van der Waals surface area contributed by atoms with Crippen LogP contribution in [0.1, 0.15) is 16.0 Å². The van der Waals surface area contributed by atoms with Gasteiger partial charge in [-0.1, -0.05) is 29.8 Å². The molecule has 1 nitrogen and oxygen atoms in total. The second kappa shape index (κ2) is 6.50. The normalized spacial score (nSPS) is 12.6. The number of hydrogen-bond acceptors (Lipinski definition) is 2. The first-order valence-electron chi connectivity index (χ1n) is 6.13. The molecule has 1 unspecified atom stereocenters. The van der Waals surface area contributed by atoms with Gasteiger partial charge in [0.1, 0.15) is 0 Å². The van der Waals surface area contributed by atoms with E-state index in [0.29, 0.717) is 6.04 Å². The minimum Gasteiger partial charge on any atom is -0.316 e.